The second kappa shape index (κ2) is 5.88. The number of hydrogen-bond acceptors (Lipinski definition) is 3. The molecular formula is C18H14N2O3. The van der Waals surface area contributed by atoms with Gasteiger partial charge in [0.25, 0.3) is 5.69 Å². The van der Waals surface area contributed by atoms with Crippen LogP contribution >= 0.6 is 0 Å². The quantitative estimate of drug-likeness (QED) is 0.576. The predicted molar refractivity (Wildman–Crippen MR) is 90.3 cm³/mol. The van der Waals surface area contributed by atoms with Gasteiger partial charge in [0, 0.05) is 24.7 Å². The maximum Gasteiger partial charge on any atom is 0.270 e. The number of rotatable bonds is 3. The Labute approximate surface area is 132 Å². The van der Waals surface area contributed by atoms with Gasteiger partial charge in [0.05, 0.1) is 4.92 Å². The van der Waals surface area contributed by atoms with Crippen molar-refractivity contribution in [1.29, 1.82) is 0 Å². The summed E-state index contributed by atoms with van der Waals surface area (Å²) in [5.41, 5.74) is 2.28. The van der Waals surface area contributed by atoms with E-state index in [-0.39, 0.29) is 11.6 Å². The van der Waals surface area contributed by atoms with Crippen molar-refractivity contribution in [2.45, 2.75) is 6.92 Å². The van der Waals surface area contributed by atoms with E-state index in [2.05, 4.69) is 5.32 Å². The van der Waals surface area contributed by atoms with Gasteiger partial charge < -0.3 is 5.32 Å². The maximum absolute atomic E-state index is 11.3. The van der Waals surface area contributed by atoms with Gasteiger partial charge in [-0.05, 0) is 34.0 Å². The molecule has 0 heterocycles. The molecule has 3 aromatic rings. The van der Waals surface area contributed by atoms with Crippen molar-refractivity contribution < 1.29 is 9.72 Å². The first-order chi connectivity index (χ1) is 11.0. The number of nitro benzene ring substituents is 1. The molecule has 0 aliphatic carbocycles. The third-order valence-electron chi connectivity index (χ3n) is 3.55. The smallest absolute Gasteiger partial charge is 0.270 e. The second-order valence-electron chi connectivity index (χ2n) is 5.23. The van der Waals surface area contributed by atoms with E-state index < -0.39 is 4.92 Å². The van der Waals surface area contributed by atoms with E-state index >= 15 is 0 Å². The van der Waals surface area contributed by atoms with Gasteiger partial charge in [0.2, 0.25) is 5.91 Å². The zero-order valence-corrected chi connectivity index (χ0v) is 12.4. The van der Waals surface area contributed by atoms with Crippen LogP contribution in [0.2, 0.25) is 0 Å². The molecule has 0 aliphatic rings. The Morgan fingerprint density at radius 1 is 1.04 bits per heavy atom. The normalized spacial score (nSPS) is 10.5. The van der Waals surface area contributed by atoms with E-state index in [0.717, 1.165) is 21.9 Å². The summed E-state index contributed by atoms with van der Waals surface area (Å²) in [6.07, 6.45) is 0. The summed E-state index contributed by atoms with van der Waals surface area (Å²) in [6.45, 7) is 1.45. The lowest BCUT2D eigenvalue weighted by molar-refractivity contribution is -0.384. The fourth-order valence-electron chi connectivity index (χ4n) is 2.61. The molecule has 3 rings (SSSR count). The SMILES string of the molecule is CC(=O)Nc1cc(-c2cccc([N+](=O)[O-])c2)c2ccccc2c1. The number of carbonyl (C=O) groups is 1. The Kier molecular flexibility index (Phi) is 3.76. The molecule has 0 radical (unpaired) electrons. The van der Waals surface area contributed by atoms with E-state index in [9.17, 15) is 14.9 Å². The van der Waals surface area contributed by atoms with Gasteiger partial charge >= 0.3 is 0 Å². The molecule has 0 saturated carbocycles. The third kappa shape index (κ3) is 3.03. The van der Waals surface area contributed by atoms with Crippen molar-refractivity contribution in [2.24, 2.45) is 0 Å². The number of non-ortho nitro benzene ring substituents is 1. The lowest BCUT2D eigenvalue weighted by Crippen LogP contribution is -2.05. The van der Waals surface area contributed by atoms with Crippen LogP contribution in [0.25, 0.3) is 21.9 Å². The highest BCUT2D eigenvalue weighted by Crippen LogP contribution is 2.33. The van der Waals surface area contributed by atoms with Gasteiger partial charge in [-0.15, -0.1) is 0 Å². The number of nitrogens with one attached hydrogen (secondary N) is 1. The molecule has 3 aromatic carbocycles. The van der Waals surface area contributed by atoms with Crippen molar-refractivity contribution in [2.75, 3.05) is 5.32 Å². The second-order valence-corrected chi connectivity index (χ2v) is 5.23. The molecule has 0 aliphatic heterocycles. The molecule has 0 saturated heterocycles. The van der Waals surface area contributed by atoms with Crippen LogP contribution < -0.4 is 5.32 Å². The number of fused-ring (bicyclic) bond motifs is 1. The molecule has 5 heteroatoms. The number of anilines is 1. The standard InChI is InChI=1S/C18H14N2O3/c1-12(21)19-15-9-13-5-2-3-8-17(13)18(11-15)14-6-4-7-16(10-14)20(22)23/h2-11H,1H3,(H,19,21). The van der Waals surface area contributed by atoms with Crippen molar-refractivity contribution >= 4 is 28.1 Å². The minimum atomic E-state index is -0.413. The van der Waals surface area contributed by atoms with Crippen molar-refractivity contribution in [3.8, 4) is 11.1 Å². The predicted octanol–water partition coefficient (Wildman–Crippen LogP) is 4.37. The molecular weight excluding hydrogens is 292 g/mol. The molecule has 0 unspecified atom stereocenters. The Hall–Kier alpha value is -3.21. The van der Waals surface area contributed by atoms with Gasteiger partial charge in [-0.2, -0.15) is 0 Å². The van der Waals surface area contributed by atoms with Crippen molar-refractivity contribution in [1.82, 2.24) is 0 Å². The largest absolute Gasteiger partial charge is 0.326 e. The van der Waals surface area contributed by atoms with E-state index in [4.69, 9.17) is 0 Å². The molecule has 1 N–H and O–H groups in total. The molecule has 114 valence electrons. The van der Waals surface area contributed by atoms with E-state index in [1.54, 1.807) is 12.1 Å². The van der Waals surface area contributed by atoms with Crippen LogP contribution in [0.4, 0.5) is 11.4 Å². The molecule has 23 heavy (non-hydrogen) atoms. The fraction of sp³-hybridized carbons (Fsp3) is 0.0556. The Bertz CT molecular complexity index is 919. The lowest BCUT2D eigenvalue weighted by atomic mass is 9.97. The van der Waals surface area contributed by atoms with Gasteiger partial charge in [-0.1, -0.05) is 36.4 Å². The van der Waals surface area contributed by atoms with Gasteiger partial charge in [0.15, 0.2) is 0 Å². The van der Waals surface area contributed by atoms with Gasteiger partial charge in [0.1, 0.15) is 0 Å². The number of nitrogens with zero attached hydrogens (tertiary/aromatic N) is 1. The Balaban J connectivity index is 2.24. The van der Waals surface area contributed by atoms with Crippen molar-refractivity contribution in [3.63, 3.8) is 0 Å². The zero-order valence-electron chi connectivity index (χ0n) is 12.4. The molecule has 1 amide bonds. The number of carbonyl (C=O) groups excluding carboxylic acids is 1. The number of nitro groups is 1. The summed E-state index contributed by atoms with van der Waals surface area (Å²) in [5, 5.41) is 15.7. The van der Waals surface area contributed by atoms with E-state index in [1.165, 1.54) is 13.0 Å². The fourth-order valence-corrected chi connectivity index (χ4v) is 2.61. The molecule has 0 fully saturated rings. The lowest BCUT2D eigenvalue weighted by Gasteiger charge is -2.11. The average molecular weight is 306 g/mol. The van der Waals surface area contributed by atoms with Crippen LogP contribution in [0.15, 0.2) is 60.7 Å². The first-order valence-electron chi connectivity index (χ1n) is 7.10. The molecule has 5 nitrogen and oxygen atoms in total. The summed E-state index contributed by atoms with van der Waals surface area (Å²) in [7, 11) is 0. The molecule has 0 aromatic heterocycles. The van der Waals surface area contributed by atoms with Crippen molar-refractivity contribution in [3.05, 3.63) is 70.8 Å². The van der Waals surface area contributed by atoms with Crippen LogP contribution in [0.5, 0.6) is 0 Å². The Morgan fingerprint density at radius 2 is 1.83 bits per heavy atom. The minimum absolute atomic E-state index is 0.0384. The van der Waals surface area contributed by atoms with Gasteiger partial charge in [-0.3, -0.25) is 14.9 Å². The van der Waals surface area contributed by atoms with Crippen LogP contribution in [-0.4, -0.2) is 10.8 Å². The highest BCUT2D eigenvalue weighted by atomic mass is 16.6. The molecule has 0 atom stereocenters. The monoisotopic (exact) mass is 306 g/mol. The summed E-state index contributed by atoms with van der Waals surface area (Å²) in [6, 6.07) is 17.9. The zero-order chi connectivity index (χ0) is 16.4. The molecule has 0 spiro atoms. The Morgan fingerprint density at radius 3 is 2.57 bits per heavy atom. The summed E-state index contributed by atoms with van der Waals surface area (Å²) in [5.74, 6) is -0.162. The third-order valence-corrected chi connectivity index (χ3v) is 3.55. The minimum Gasteiger partial charge on any atom is -0.326 e. The topological polar surface area (TPSA) is 72.2 Å². The summed E-state index contributed by atoms with van der Waals surface area (Å²) >= 11 is 0. The van der Waals surface area contributed by atoms with Crippen LogP contribution in [0, 0.1) is 10.1 Å². The molecule has 0 bridgehead atoms. The average Bonchev–Trinajstić information content (AvgIpc) is 2.53. The first-order valence-corrected chi connectivity index (χ1v) is 7.10. The maximum atomic E-state index is 11.3. The number of benzene rings is 3. The van der Waals surface area contributed by atoms with Crippen LogP contribution in [0.3, 0.4) is 0 Å². The summed E-state index contributed by atoms with van der Waals surface area (Å²) < 4.78 is 0. The highest BCUT2D eigenvalue weighted by Gasteiger charge is 2.11. The number of amides is 1. The number of hydrogen-bond donors (Lipinski definition) is 1. The summed E-state index contributed by atoms with van der Waals surface area (Å²) in [4.78, 5) is 21.9. The van der Waals surface area contributed by atoms with E-state index in [1.807, 2.05) is 42.5 Å². The van der Waals surface area contributed by atoms with Gasteiger partial charge in [-0.25, -0.2) is 0 Å². The van der Waals surface area contributed by atoms with E-state index in [0.29, 0.717) is 5.69 Å². The highest BCUT2D eigenvalue weighted by molar-refractivity contribution is 6.01. The van der Waals surface area contributed by atoms with Crippen LogP contribution in [-0.2, 0) is 4.79 Å². The first kappa shape index (κ1) is 14.7. The van der Waals surface area contributed by atoms with Crippen LogP contribution in [0.1, 0.15) is 6.92 Å².